The van der Waals surface area contributed by atoms with Crippen LogP contribution in [0.15, 0.2) is 0 Å². The Kier molecular flexibility index (Phi) is 42.1. The molecule has 11 fully saturated rings. The van der Waals surface area contributed by atoms with Gasteiger partial charge in [-0.05, 0) is 6.92 Å². The van der Waals surface area contributed by atoms with Crippen LogP contribution >= 0.6 is 0 Å². The first-order valence-electron chi connectivity index (χ1n) is 45.5. The Morgan fingerprint density at radius 2 is 0.451 bits per heavy atom. The van der Waals surface area contributed by atoms with E-state index in [0.29, 0.717) is 0 Å². The summed E-state index contributed by atoms with van der Waals surface area (Å²) in [5.74, 6) is -6.81. The van der Waals surface area contributed by atoms with E-state index >= 15 is 0 Å². The highest BCUT2D eigenvalue weighted by Crippen LogP contribution is 2.43. The van der Waals surface area contributed by atoms with Crippen LogP contribution < -0.4 is 37.2 Å². The molecule has 0 spiro atoms. The minimum atomic E-state index is -2.90. The molecule has 11 aliphatic rings. The lowest BCUT2D eigenvalue weighted by Gasteiger charge is -2.52. The van der Waals surface area contributed by atoms with Gasteiger partial charge in [0.2, 0.25) is 41.4 Å². The van der Waals surface area contributed by atoms with E-state index in [-0.39, 0.29) is 0 Å². The van der Waals surface area contributed by atoms with Crippen molar-refractivity contribution >= 4 is 41.4 Å². The molecule has 0 aromatic rings. The van der Waals surface area contributed by atoms with E-state index in [0.717, 1.165) is 48.5 Å². The van der Waals surface area contributed by atoms with Gasteiger partial charge in [-0.2, -0.15) is 0 Å². The predicted molar refractivity (Wildman–Crippen MR) is 442 cm³/mol. The molecule has 0 unspecified atom stereocenters. The molecular formula is C80H133N7O55. The fraction of sp³-hybridized carbons (Fsp3) is 0.912. The Hall–Kier alpha value is -5.63. The topological polar surface area (TPSA) is 944 Å². The van der Waals surface area contributed by atoms with Crippen molar-refractivity contribution in [1.82, 2.24) is 37.2 Å². The average Bonchev–Trinajstić information content (AvgIpc) is 0.760. The normalized spacial score (nSPS) is 47.5. The zero-order chi connectivity index (χ0) is 105. The van der Waals surface area contributed by atoms with Crippen LogP contribution in [-0.4, -0.2) is 583 Å². The maximum absolute atomic E-state index is 13.8. The third-order valence-corrected chi connectivity index (χ3v) is 25.7. The number of carbonyl (C=O) groups excluding carboxylic acids is 7. The third kappa shape index (κ3) is 26.7. The van der Waals surface area contributed by atoms with Gasteiger partial charge in [0.15, 0.2) is 69.2 Å². The number of carbonyl (C=O) groups is 7. The number of aliphatic hydroxyl groups excluding tert-OH is 27. The second-order valence-corrected chi connectivity index (χ2v) is 36.0. The Labute approximate surface area is 805 Å². The van der Waals surface area contributed by atoms with Gasteiger partial charge in [0.1, 0.15) is 262 Å². The zero-order valence-corrected chi connectivity index (χ0v) is 77.3. The second-order valence-electron chi connectivity index (χ2n) is 36.0. The summed E-state index contributed by atoms with van der Waals surface area (Å²) in [5.41, 5.74) is 0. The van der Waals surface area contributed by atoms with Crippen molar-refractivity contribution in [1.29, 1.82) is 0 Å². The van der Waals surface area contributed by atoms with E-state index in [2.05, 4.69) is 37.2 Å². The lowest BCUT2D eigenvalue weighted by atomic mass is 9.93. The summed E-state index contributed by atoms with van der Waals surface area (Å²) >= 11 is 0. The van der Waals surface area contributed by atoms with Crippen molar-refractivity contribution in [3.05, 3.63) is 0 Å². The van der Waals surface area contributed by atoms with E-state index in [4.69, 9.17) is 99.5 Å². The first-order valence-corrected chi connectivity index (χ1v) is 45.5. The highest BCUT2D eigenvalue weighted by Gasteiger charge is 2.63. The number of hydrogen-bond acceptors (Lipinski definition) is 55. The van der Waals surface area contributed by atoms with Crippen molar-refractivity contribution in [2.75, 3.05) is 66.1 Å². The molecule has 0 bridgehead atoms. The molecule has 0 aromatic carbocycles. The highest BCUT2D eigenvalue weighted by atomic mass is 16.8. The van der Waals surface area contributed by atoms with Gasteiger partial charge in [0.25, 0.3) is 0 Å². The molecule has 142 heavy (non-hydrogen) atoms. The van der Waals surface area contributed by atoms with E-state index in [1.54, 1.807) is 0 Å². The molecule has 11 saturated heterocycles. The SMILES string of the molecule is CC(=O)N[C@@H]1[C@@H](O)[C@H](O[C@@H]2O[C@H](CO)[C@@H](O[C@@H]3O[C@H](CO[C@H]4O[C@H](CO)[C@@H](O[C@@H]5O[C@H](CO)[C@@H](O)[C@H](O)[C@H]5NC(C)=O)[C@H](O)[C@@H]4O[C@@H]4O[C@H](CO)[C@@H](O)[C@H](O)[C@H]4NC(C)=O)[C@@H](O[C@@H]4O[C@H](CO)[C@@H](O)[C@H](O)[C@H]4NC(C)=O)[C@H](O[C@H]4O[C@H](CO[C@@H]5O[C@H](CO)[C@@H](O)[C@H](O)[C@H]5NC(C)=O)[C@@H](O)[C@H](O)[C@@H]4O[C@@H]4O[C@H](CO)[C@@H](O)[C@H](O)[C@H]4NC(C)=O)[C@@H]3O)[C@H](O)[C@H]2NC(C)=O)[C@@H](CO[C@@H]2O[C@@H](C)[C@@H](O)[C@@H](O)[C@@H]2O)O[C@H]1O. The lowest BCUT2D eigenvalue weighted by Crippen LogP contribution is -2.72. The van der Waals surface area contributed by atoms with Crippen molar-refractivity contribution in [2.45, 2.75) is 393 Å². The van der Waals surface area contributed by atoms with Crippen LogP contribution in [0.4, 0.5) is 0 Å². The van der Waals surface area contributed by atoms with Crippen molar-refractivity contribution < 1.29 is 271 Å². The van der Waals surface area contributed by atoms with E-state index in [1.807, 2.05) is 0 Å². The van der Waals surface area contributed by atoms with Crippen LogP contribution in [0.5, 0.6) is 0 Å². The largest absolute Gasteiger partial charge is 0.394 e. The summed E-state index contributed by atoms with van der Waals surface area (Å²) in [6.07, 6.45) is -106. The molecule has 55 atom stereocenters. The zero-order valence-electron chi connectivity index (χ0n) is 77.3. The molecule has 11 aliphatic heterocycles. The first kappa shape index (κ1) is 117. The monoisotopic (exact) mass is 2070 g/mol. The molecule has 7 amide bonds. The smallest absolute Gasteiger partial charge is 0.217 e. The summed E-state index contributed by atoms with van der Waals surface area (Å²) in [4.78, 5) is 91.4. The lowest BCUT2D eigenvalue weighted by molar-refractivity contribution is -0.409. The van der Waals surface area contributed by atoms with Crippen LogP contribution in [0, 0.1) is 0 Å². The number of hydrogen-bond donors (Lipinski definition) is 34. The van der Waals surface area contributed by atoms with Gasteiger partial charge in [-0.15, -0.1) is 0 Å². The van der Waals surface area contributed by atoms with Gasteiger partial charge in [-0.25, -0.2) is 0 Å². The molecule has 11 heterocycles. The molecule has 0 aliphatic carbocycles. The van der Waals surface area contributed by atoms with E-state index < -0.39 is 445 Å². The summed E-state index contributed by atoms with van der Waals surface area (Å²) in [5, 5.41) is 327. The van der Waals surface area contributed by atoms with Crippen LogP contribution in [0.25, 0.3) is 0 Å². The molecule has 62 nitrogen and oxygen atoms in total. The number of amides is 7. The van der Waals surface area contributed by atoms with Gasteiger partial charge in [0.05, 0.1) is 72.2 Å². The van der Waals surface area contributed by atoms with Crippen molar-refractivity contribution in [3.63, 3.8) is 0 Å². The van der Waals surface area contributed by atoms with Gasteiger partial charge >= 0.3 is 0 Å². The Morgan fingerprint density at radius 1 is 0.197 bits per heavy atom. The van der Waals surface area contributed by atoms with Crippen LogP contribution in [0.1, 0.15) is 55.4 Å². The second kappa shape index (κ2) is 51.3. The number of ether oxygens (including phenoxy) is 21. The average molecular weight is 2070 g/mol. The Bertz CT molecular complexity index is 4030. The number of aliphatic hydroxyl groups is 27. The Balaban J connectivity index is 1.08. The molecule has 0 saturated carbocycles. The molecule has 818 valence electrons. The maximum atomic E-state index is 13.8. The van der Waals surface area contributed by atoms with Gasteiger partial charge < -0.3 is 275 Å². The molecule has 0 aromatic heterocycles. The summed E-state index contributed by atoms with van der Waals surface area (Å²) < 4.78 is 130. The first-order chi connectivity index (χ1) is 67.0. The van der Waals surface area contributed by atoms with Crippen LogP contribution in [-0.2, 0) is 133 Å². The highest BCUT2D eigenvalue weighted by molar-refractivity contribution is 5.75. The fourth-order valence-electron chi connectivity index (χ4n) is 18.4. The summed E-state index contributed by atoms with van der Waals surface area (Å²) in [7, 11) is 0. The fourth-order valence-corrected chi connectivity index (χ4v) is 18.4. The van der Waals surface area contributed by atoms with Gasteiger partial charge in [-0.1, -0.05) is 0 Å². The van der Waals surface area contributed by atoms with E-state index in [1.165, 1.54) is 6.92 Å². The van der Waals surface area contributed by atoms with Crippen LogP contribution in [0.3, 0.4) is 0 Å². The molecule has 11 rings (SSSR count). The minimum absolute atomic E-state index is 0.874. The maximum Gasteiger partial charge on any atom is 0.217 e. The van der Waals surface area contributed by atoms with E-state index in [9.17, 15) is 171 Å². The van der Waals surface area contributed by atoms with Gasteiger partial charge in [0, 0.05) is 48.5 Å². The standard InChI is InChI=1S/C80H133N7O55/c1-19-44(102)58(116)60(118)77(125-19)123-17-35-65(56(114)37(70(121)126-35)81-20(2)95)137-76-43(87-26(8)101)57(115)63(32(14-93)132-76)138-78-62(120)67(140-80-68(141-74-41(85-24(6)99)54(112)48(106)30(12-91)130-74)59(117)50(108)34(134-80)16-122-71-38(82-21(3)96)51(109)45(103)27(9-88)127-71)66(139-73-40(84-23(5)98)53(111)47(105)29(11-90)129-73)36(135-78)18-124-79-69(142-75-42(86-25(7)100)55(113)49(107)31(13-92)131-75)61(119)64(33(15-94)133-79)136-72-39(83-22(4)97)52(110)46(104)28(10-89)128-72/h19,27-80,88-94,102-121H,9-18H2,1-8H3,(H,81,95)(H,82,96)(H,83,97)(H,84,98)(H,85,99)(H,86,100)(H,87,101)/t19-,27+,28+,29+,30+,31+,32+,33+,34+,35+,36+,37+,38+,39+,40+,41+,42+,43+,44+,45+,46+,47+,48+,49+,50+,51+,52+,53+,54+,55+,56+,57+,58+,59-,60-,61-,62-,63+,64+,65+,66+,67+,68-,69-,70+,71+,72-,73-,74-,75-,76-,77+,78-,79-,80+/m0/s1. The van der Waals surface area contributed by atoms with Crippen molar-refractivity contribution in [2.24, 2.45) is 0 Å². The molecule has 0 radical (unpaired) electrons. The number of nitrogens with one attached hydrogen (secondary N) is 7. The van der Waals surface area contributed by atoms with Gasteiger partial charge in [-0.3, -0.25) is 33.6 Å². The molecule has 34 N–H and O–H groups in total. The summed E-state index contributed by atoms with van der Waals surface area (Å²) in [6.45, 7) is -4.24. The number of rotatable bonds is 37. The quantitative estimate of drug-likeness (QED) is 0.0275. The summed E-state index contributed by atoms with van der Waals surface area (Å²) in [6, 6.07) is -13.8. The molecule has 62 heteroatoms. The van der Waals surface area contributed by atoms with Crippen molar-refractivity contribution in [3.8, 4) is 0 Å². The Morgan fingerprint density at radius 3 is 0.838 bits per heavy atom. The third-order valence-electron chi connectivity index (χ3n) is 25.7. The minimum Gasteiger partial charge on any atom is -0.394 e. The predicted octanol–water partition coefficient (Wildman–Crippen LogP) is -22.9. The molecular weight excluding hydrogens is 1940 g/mol. The van der Waals surface area contributed by atoms with Crippen LogP contribution in [0.2, 0.25) is 0 Å².